The van der Waals surface area contributed by atoms with Crippen LogP contribution in [0.3, 0.4) is 0 Å². The minimum Gasteiger partial charge on any atom is -0.373 e. The number of fused-ring (bicyclic) bond motifs is 1. The van der Waals surface area contributed by atoms with Gasteiger partial charge in [-0.3, -0.25) is 9.45 Å². The van der Waals surface area contributed by atoms with Gasteiger partial charge in [-0.2, -0.15) is 8.42 Å². The molecule has 164 valence electrons. The summed E-state index contributed by atoms with van der Waals surface area (Å²) in [6.07, 6.45) is 2.71. The largest absolute Gasteiger partial charge is 0.373 e. The van der Waals surface area contributed by atoms with Crippen LogP contribution >= 0.6 is 0 Å². The average molecular weight is 437 g/mol. The highest BCUT2D eigenvalue weighted by Crippen LogP contribution is 2.37. The van der Waals surface area contributed by atoms with Crippen LogP contribution in [0.4, 0.5) is 4.39 Å². The molecule has 2 heterocycles. The van der Waals surface area contributed by atoms with E-state index < -0.39 is 10.1 Å². The van der Waals surface area contributed by atoms with Crippen LogP contribution in [0.2, 0.25) is 0 Å². The normalized spacial score (nSPS) is 20.6. The summed E-state index contributed by atoms with van der Waals surface area (Å²) in [5, 5.41) is 3.42. The number of nitrogens with one attached hydrogen (secondary N) is 1. The quantitative estimate of drug-likeness (QED) is 0.718. The minimum absolute atomic E-state index is 0.106. The fourth-order valence-corrected chi connectivity index (χ4v) is 4.05. The topological polar surface area (TPSA) is 78.9 Å². The third kappa shape index (κ3) is 6.85. The van der Waals surface area contributed by atoms with Crippen molar-refractivity contribution in [2.24, 2.45) is 0 Å². The molecule has 2 unspecified atom stereocenters. The Morgan fingerprint density at radius 2 is 1.80 bits per heavy atom. The highest BCUT2D eigenvalue weighted by molar-refractivity contribution is 7.85. The molecule has 2 atom stereocenters. The summed E-state index contributed by atoms with van der Waals surface area (Å²) in [5.74, 6) is -0.179. The van der Waals surface area contributed by atoms with Crippen molar-refractivity contribution >= 4 is 10.1 Å². The van der Waals surface area contributed by atoms with E-state index in [2.05, 4.69) is 34.5 Å². The van der Waals surface area contributed by atoms with E-state index in [0.29, 0.717) is 6.26 Å². The lowest BCUT2D eigenvalue weighted by Crippen LogP contribution is -2.45. The molecule has 0 spiro atoms. The second-order valence-electron chi connectivity index (χ2n) is 7.63. The van der Waals surface area contributed by atoms with E-state index in [4.69, 9.17) is 9.29 Å². The van der Waals surface area contributed by atoms with E-state index >= 15 is 0 Å². The number of hydrogen-bond donors (Lipinski definition) is 2. The molecule has 6 nitrogen and oxygen atoms in total. The van der Waals surface area contributed by atoms with Crippen LogP contribution in [-0.4, -0.2) is 56.9 Å². The van der Waals surface area contributed by atoms with Crippen molar-refractivity contribution in [3.05, 3.63) is 71.0 Å². The molecule has 2 aliphatic heterocycles. The van der Waals surface area contributed by atoms with Crippen molar-refractivity contribution in [3.8, 4) is 0 Å². The monoisotopic (exact) mass is 436 g/mol. The van der Waals surface area contributed by atoms with Gasteiger partial charge in [-0.05, 0) is 41.7 Å². The molecule has 0 aromatic heterocycles. The molecule has 1 saturated heterocycles. The summed E-state index contributed by atoms with van der Waals surface area (Å²) < 4.78 is 45.4. The fraction of sp³-hybridized carbons (Fsp3) is 0.455. The van der Waals surface area contributed by atoms with Gasteiger partial charge in [0.05, 0.1) is 19.0 Å². The number of ether oxygens (including phenoxy) is 1. The molecule has 0 radical (unpaired) electrons. The Hall–Kier alpha value is -1.84. The molecule has 0 bridgehead atoms. The first-order valence-corrected chi connectivity index (χ1v) is 12.0. The maximum absolute atomic E-state index is 13.4. The lowest BCUT2D eigenvalue weighted by molar-refractivity contribution is 0.0119. The first kappa shape index (κ1) is 22.8. The summed E-state index contributed by atoms with van der Waals surface area (Å²) in [4.78, 5) is 2.50. The van der Waals surface area contributed by atoms with Crippen molar-refractivity contribution in [2.75, 3.05) is 39.0 Å². The predicted octanol–water partition coefficient (Wildman–Crippen LogP) is 2.98. The van der Waals surface area contributed by atoms with Gasteiger partial charge in [0.15, 0.2) is 0 Å². The van der Waals surface area contributed by atoms with Gasteiger partial charge in [-0.15, -0.1) is 0 Å². The second-order valence-corrected chi connectivity index (χ2v) is 9.10. The highest BCUT2D eigenvalue weighted by Gasteiger charge is 2.29. The Kier molecular flexibility index (Phi) is 7.96. The number of benzene rings is 2. The standard InChI is InChI=1S/C21H25FN2O.CH4O3S/c22-18-7-5-17(6-8-18)20(24-12-10-23-11-13-24)15-21-19-4-2-1-3-16(19)9-14-25-21;1-5(2,3)4/h1-8,20-21,23H,9-15H2;1H3,(H,2,3,4). The Morgan fingerprint density at radius 3 is 2.47 bits per heavy atom. The first-order chi connectivity index (χ1) is 14.3. The van der Waals surface area contributed by atoms with Crippen LogP contribution in [0.15, 0.2) is 48.5 Å². The number of halogens is 1. The predicted molar refractivity (Wildman–Crippen MR) is 115 cm³/mol. The average Bonchev–Trinajstić information content (AvgIpc) is 2.72. The molecule has 0 saturated carbocycles. The summed E-state index contributed by atoms with van der Waals surface area (Å²) in [5.41, 5.74) is 3.89. The molecule has 30 heavy (non-hydrogen) atoms. The van der Waals surface area contributed by atoms with E-state index in [-0.39, 0.29) is 18.0 Å². The molecule has 1 fully saturated rings. The van der Waals surface area contributed by atoms with Crippen molar-refractivity contribution in [1.82, 2.24) is 10.2 Å². The van der Waals surface area contributed by atoms with E-state index in [0.717, 1.165) is 45.6 Å². The molecule has 4 rings (SSSR count). The van der Waals surface area contributed by atoms with Crippen LogP contribution in [0, 0.1) is 5.82 Å². The van der Waals surface area contributed by atoms with Gasteiger partial charge in [-0.1, -0.05) is 36.4 Å². The van der Waals surface area contributed by atoms with E-state index in [1.807, 2.05) is 12.1 Å². The lowest BCUT2D eigenvalue weighted by atomic mass is 9.90. The van der Waals surface area contributed by atoms with Crippen LogP contribution < -0.4 is 5.32 Å². The van der Waals surface area contributed by atoms with Crippen molar-refractivity contribution in [3.63, 3.8) is 0 Å². The smallest absolute Gasteiger partial charge is 0.261 e. The molecular formula is C22H29FN2O4S. The van der Waals surface area contributed by atoms with Crippen LogP contribution in [0.1, 0.15) is 35.3 Å². The zero-order valence-corrected chi connectivity index (χ0v) is 17.9. The van der Waals surface area contributed by atoms with Gasteiger partial charge in [0.1, 0.15) is 5.82 Å². The van der Waals surface area contributed by atoms with E-state index in [9.17, 15) is 12.8 Å². The number of rotatable bonds is 4. The van der Waals surface area contributed by atoms with Gasteiger partial charge in [0.2, 0.25) is 0 Å². The Balaban J connectivity index is 0.000000461. The van der Waals surface area contributed by atoms with E-state index in [1.54, 1.807) is 12.1 Å². The summed E-state index contributed by atoms with van der Waals surface area (Å²) in [7, 11) is -3.67. The molecule has 0 aliphatic carbocycles. The van der Waals surface area contributed by atoms with Crippen molar-refractivity contribution in [1.29, 1.82) is 0 Å². The number of nitrogens with zero attached hydrogens (tertiary/aromatic N) is 1. The van der Waals surface area contributed by atoms with Crippen molar-refractivity contribution < 1.29 is 22.1 Å². The molecule has 0 amide bonds. The third-order valence-electron chi connectivity index (χ3n) is 5.38. The zero-order valence-electron chi connectivity index (χ0n) is 17.1. The van der Waals surface area contributed by atoms with E-state index in [1.165, 1.54) is 16.7 Å². The zero-order chi connectivity index (χ0) is 21.6. The van der Waals surface area contributed by atoms with Gasteiger partial charge in [-0.25, -0.2) is 4.39 Å². The number of hydrogen-bond acceptors (Lipinski definition) is 5. The SMILES string of the molecule is CS(=O)(=O)O.Fc1ccc(C(CC2OCCc3ccccc32)N2CCNCC2)cc1. The fourth-order valence-electron chi connectivity index (χ4n) is 4.05. The molecule has 2 aromatic carbocycles. The van der Waals surface area contributed by atoms with Crippen LogP contribution in [0.25, 0.3) is 0 Å². The van der Waals surface area contributed by atoms with Gasteiger partial charge in [0, 0.05) is 32.2 Å². The van der Waals surface area contributed by atoms with Crippen molar-refractivity contribution in [2.45, 2.75) is 25.0 Å². The van der Waals surface area contributed by atoms with Gasteiger partial charge < -0.3 is 10.1 Å². The maximum Gasteiger partial charge on any atom is 0.261 e. The Bertz CT molecular complexity index is 907. The lowest BCUT2D eigenvalue weighted by Gasteiger charge is -2.38. The summed E-state index contributed by atoms with van der Waals surface area (Å²) in [6.45, 7) is 4.80. The third-order valence-corrected chi connectivity index (χ3v) is 5.38. The minimum atomic E-state index is -3.67. The van der Waals surface area contributed by atoms with Crippen LogP contribution in [-0.2, 0) is 21.3 Å². The maximum atomic E-state index is 13.4. The Labute approximate surface area is 177 Å². The molecule has 8 heteroatoms. The molecule has 2 aliphatic rings. The molecule has 2 N–H and O–H groups in total. The molecular weight excluding hydrogens is 407 g/mol. The highest BCUT2D eigenvalue weighted by atomic mass is 32.2. The summed E-state index contributed by atoms with van der Waals surface area (Å²) in [6, 6.07) is 15.8. The van der Waals surface area contributed by atoms with Crippen LogP contribution in [0.5, 0.6) is 0 Å². The van der Waals surface area contributed by atoms with Gasteiger partial charge in [0.25, 0.3) is 10.1 Å². The van der Waals surface area contributed by atoms with Gasteiger partial charge >= 0.3 is 0 Å². The number of piperazine rings is 1. The summed E-state index contributed by atoms with van der Waals surface area (Å²) >= 11 is 0. The Morgan fingerprint density at radius 1 is 1.17 bits per heavy atom. The second kappa shape index (κ2) is 10.5. The molecule has 2 aromatic rings. The first-order valence-electron chi connectivity index (χ1n) is 10.1.